The van der Waals surface area contributed by atoms with Gasteiger partial charge in [-0.3, -0.25) is 14.9 Å². The molecule has 0 spiro atoms. The highest BCUT2D eigenvalue weighted by Crippen LogP contribution is 2.29. The van der Waals surface area contributed by atoms with Gasteiger partial charge in [-0.2, -0.15) is 0 Å². The second-order valence-electron chi connectivity index (χ2n) is 4.94. The summed E-state index contributed by atoms with van der Waals surface area (Å²) in [5.74, 6) is -0.387. The highest BCUT2D eigenvalue weighted by Gasteiger charge is 2.22. The van der Waals surface area contributed by atoms with E-state index in [9.17, 15) is 23.3 Å². The number of nitrogens with one attached hydrogen (secondary N) is 2. The van der Waals surface area contributed by atoms with Gasteiger partial charge < -0.3 is 9.73 Å². The number of amides is 1. The molecular formula is C14H14ClN3O6S. The number of carbonyl (C=O) groups excluding carboxylic acids is 1. The van der Waals surface area contributed by atoms with E-state index < -0.39 is 20.9 Å². The molecular weight excluding hydrogens is 374 g/mol. The van der Waals surface area contributed by atoms with E-state index in [1.165, 1.54) is 19.3 Å². The zero-order valence-corrected chi connectivity index (χ0v) is 14.6. The average Bonchev–Trinajstić information content (AvgIpc) is 3.08. The fraction of sp³-hybridized carbons (Fsp3) is 0.214. The highest BCUT2D eigenvalue weighted by atomic mass is 35.5. The lowest BCUT2D eigenvalue weighted by atomic mass is 10.2. The summed E-state index contributed by atoms with van der Waals surface area (Å²) >= 11 is 5.86. The number of rotatable bonds is 7. The van der Waals surface area contributed by atoms with Gasteiger partial charge in [0.2, 0.25) is 10.0 Å². The average molecular weight is 388 g/mol. The third-order valence-electron chi connectivity index (χ3n) is 3.25. The zero-order valence-electron chi connectivity index (χ0n) is 13.0. The van der Waals surface area contributed by atoms with Crippen molar-refractivity contribution in [1.82, 2.24) is 10.0 Å². The molecule has 2 N–H and O–H groups in total. The normalized spacial score (nSPS) is 11.3. The summed E-state index contributed by atoms with van der Waals surface area (Å²) in [6.07, 6.45) is 1.34. The highest BCUT2D eigenvalue weighted by molar-refractivity contribution is 7.89. The van der Waals surface area contributed by atoms with Gasteiger partial charge in [0.25, 0.3) is 11.6 Å². The fourth-order valence-corrected chi connectivity index (χ4v) is 3.28. The Labute approximate surface area is 148 Å². The molecule has 0 aliphatic rings. The van der Waals surface area contributed by atoms with E-state index >= 15 is 0 Å². The summed E-state index contributed by atoms with van der Waals surface area (Å²) in [5, 5.41) is 13.4. The minimum Gasteiger partial charge on any atom is -0.459 e. The minimum absolute atomic E-state index is 0.000447. The van der Waals surface area contributed by atoms with Crippen LogP contribution in [0.2, 0.25) is 5.02 Å². The molecule has 25 heavy (non-hydrogen) atoms. The van der Waals surface area contributed by atoms with Gasteiger partial charge in [-0.05, 0) is 25.1 Å². The van der Waals surface area contributed by atoms with E-state index in [0.717, 1.165) is 12.1 Å². The number of benzene rings is 1. The molecule has 9 nitrogen and oxygen atoms in total. The standard InChI is InChI=1S/C14H14ClN3O6S/c1-9-11(15)7-10(8-12(9)18(20)21)25(22,23)17-5-4-16-14(19)13-3-2-6-24-13/h2-3,6-8,17H,4-5H2,1H3,(H,16,19). The Morgan fingerprint density at radius 3 is 2.68 bits per heavy atom. The van der Waals surface area contributed by atoms with Crippen molar-refractivity contribution < 1.29 is 22.6 Å². The smallest absolute Gasteiger partial charge is 0.287 e. The van der Waals surface area contributed by atoms with Crippen molar-refractivity contribution in [2.75, 3.05) is 13.1 Å². The topological polar surface area (TPSA) is 132 Å². The van der Waals surface area contributed by atoms with Crippen molar-refractivity contribution in [2.24, 2.45) is 0 Å². The predicted octanol–water partition coefficient (Wildman–Crippen LogP) is 1.86. The second-order valence-corrected chi connectivity index (χ2v) is 7.11. The Balaban J connectivity index is 2.02. The Bertz CT molecular complexity index is 896. The Morgan fingerprint density at radius 2 is 2.08 bits per heavy atom. The number of furan rings is 1. The monoisotopic (exact) mass is 387 g/mol. The van der Waals surface area contributed by atoms with Crippen molar-refractivity contribution in [3.05, 3.63) is 57.0 Å². The maximum absolute atomic E-state index is 12.2. The molecule has 0 saturated heterocycles. The molecule has 0 fully saturated rings. The van der Waals surface area contributed by atoms with Crippen LogP contribution in [-0.4, -0.2) is 32.3 Å². The van der Waals surface area contributed by atoms with Crippen LogP contribution >= 0.6 is 11.6 Å². The largest absolute Gasteiger partial charge is 0.459 e. The summed E-state index contributed by atoms with van der Waals surface area (Å²) in [5.41, 5.74) is -0.213. The van der Waals surface area contributed by atoms with E-state index in [1.54, 1.807) is 6.07 Å². The van der Waals surface area contributed by atoms with Crippen molar-refractivity contribution in [1.29, 1.82) is 0 Å². The first kappa shape index (κ1) is 18.9. The quantitative estimate of drug-likeness (QED) is 0.423. The molecule has 1 heterocycles. The third kappa shape index (κ3) is 4.56. The van der Waals surface area contributed by atoms with Crippen LogP contribution in [0, 0.1) is 17.0 Å². The number of hydrogen-bond donors (Lipinski definition) is 2. The lowest BCUT2D eigenvalue weighted by Gasteiger charge is -2.09. The first-order chi connectivity index (χ1) is 11.7. The van der Waals surface area contributed by atoms with E-state index in [-0.39, 0.29) is 40.0 Å². The van der Waals surface area contributed by atoms with Gasteiger partial charge in [0, 0.05) is 24.7 Å². The van der Waals surface area contributed by atoms with Gasteiger partial charge >= 0.3 is 0 Å². The number of nitrogens with zero attached hydrogens (tertiary/aromatic N) is 1. The van der Waals surface area contributed by atoms with Crippen LogP contribution in [0.1, 0.15) is 16.1 Å². The molecule has 11 heteroatoms. The minimum atomic E-state index is -4.02. The van der Waals surface area contributed by atoms with Gasteiger partial charge in [0.1, 0.15) is 0 Å². The van der Waals surface area contributed by atoms with Gasteiger partial charge in [-0.25, -0.2) is 13.1 Å². The van der Waals surface area contributed by atoms with Crippen molar-refractivity contribution >= 4 is 33.2 Å². The van der Waals surface area contributed by atoms with E-state index in [1.807, 2.05) is 0 Å². The van der Waals surface area contributed by atoms with Gasteiger partial charge in [-0.15, -0.1) is 0 Å². The lowest BCUT2D eigenvalue weighted by Crippen LogP contribution is -2.34. The van der Waals surface area contributed by atoms with Crippen LogP contribution in [0.3, 0.4) is 0 Å². The molecule has 1 amide bonds. The Kier molecular flexibility index (Phi) is 5.77. The summed E-state index contributed by atoms with van der Waals surface area (Å²) in [4.78, 5) is 21.6. The Morgan fingerprint density at radius 1 is 1.36 bits per heavy atom. The van der Waals surface area contributed by atoms with Gasteiger partial charge in [0.15, 0.2) is 5.76 Å². The number of sulfonamides is 1. The summed E-state index contributed by atoms with van der Waals surface area (Å²) in [6, 6.07) is 5.08. The van der Waals surface area contributed by atoms with E-state index in [0.29, 0.717) is 0 Å². The van der Waals surface area contributed by atoms with Crippen molar-refractivity contribution in [2.45, 2.75) is 11.8 Å². The molecule has 0 radical (unpaired) electrons. The number of halogens is 1. The number of nitro benzene ring substituents is 1. The molecule has 0 bridgehead atoms. The van der Waals surface area contributed by atoms with Crippen LogP contribution in [0.15, 0.2) is 39.8 Å². The predicted molar refractivity (Wildman–Crippen MR) is 89.1 cm³/mol. The summed E-state index contributed by atoms with van der Waals surface area (Å²) in [7, 11) is -4.02. The molecule has 2 rings (SSSR count). The molecule has 0 aliphatic heterocycles. The van der Waals surface area contributed by atoms with Crippen LogP contribution in [0.5, 0.6) is 0 Å². The van der Waals surface area contributed by atoms with E-state index in [2.05, 4.69) is 10.0 Å². The first-order valence-electron chi connectivity index (χ1n) is 6.98. The van der Waals surface area contributed by atoms with Crippen molar-refractivity contribution in [3.8, 4) is 0 Å². The summed E-state index contributed by atoms with van der Waals surface area (Å²) in [6.45, 7) is 1.31. The molecule has 0 unspecified atom stereocenters. The third-order valence-corrected chi connectivity index (χ3v) is 5.08. The molecule has 1 aromatic carbocycles. The molecule has 0 atom stereocenters. The molecule has 1 aromatic heterocycles. The fourth-order valence-electron chi connectivity index (χ4n) is 1.92. The van der Waals surface area contributed by atoms with Gasteiger partial charge in [0.05, 0.1) is 21.1 Å². The van der Waals surface area contributed by atoms with Gasteiger partial charge in [-0.1, -0.05) is 11.6 Å². The molecule has 0 aliphatic carbocycles. The second kappa shape index (κ2) is 7.64. The first-order valence-corrected chi connectivity index (χ1v) is 8.84. The van der Waals surface area contributed by atoms with Crippen LogP contribution in [0.4, 0.5) is 5.69 Å². The Hall–Kier alpha value is -2.43. The number of carbonyl (C=O) groups is 1. The molecule has 134 valence electrons. The van der Waals surface area contributed by atoms with Crippen molar-refractivity contribution in [3.63, 3.8) is 0 Å². The van der Waals surface area contributed by atoms with Crippen LogP contribution in [0.25, 0.3) is 0 Å². The zero-order chi connectivity index (χ0) is 18.6. The summed E-state index contributed by atoms with van der Waals surface area (Å²) < 4.78 is 31.6. The molecule has 2 aromatic rings. The lowest BCUT2D eigenvalue weighted by molar-refractivity contribution is -0.385. The SMILES string of the molecule is Cc1c(Cl)cc(S(=O)(=O)NCCNC(=O)c2ccco2)cc1[N+](=O)[O-]. The maximum Gasteiger partial charge on any atom is 0.287 e. The molecule has 0 saturated carbocycles. The van der Waals surface area contributed by atoms with E-state index in [4.69, 9.17) is 16.0 Å². The number of nitro groups is 1. The van der Waals surface area contributed by atoms with Crippen LogP contribution < -0.4 is 10.0 Å². The van der Waals surface area contributed by atoms with Crippen LogP contribution in [-0.2, 0) is 10.0 Å². The number of hydrogen-bond acceptors (Lipinski definition) is 6. The maximum atomic E-state index is 12.2.